The molecule has 4 rings (SSSR count). The van der Waals surface area contributed by atoms with Crippen molar-refractivity contribution in [3.63, 3.8) is 0 Å². The smallest absolute Gasteiger partial charge is 0.231 e. The van der Waals surface area contributed by atoms with Crippen LogP contribution in [0.25, 0.3) is 17.0 Å². The van der Waals surface area contributed by atoms with Crippen LogP contribution < -0.4 is 9.47 Å². The van der Waals surface area contributed by atoms with Gasteiger partial charge in [-0.15, -0.1) is 0 Å². The molecule has 2 heterocycles. The first-order valence-electron chi connectivity index (χ1n) is 9.34. The Morgan fingerprint density at radius 3 is 2.75 bits per heavy atom. The lowest BCUT2D eigenvalue weighted by atomic mass is 10.1. The fourth-order valence-corrected chi connectivity index (χ4v) is 3.45. The van der Waals surface area contributed by atoms with Gasteiger partial charge in [0.15, 0.2) is 5.76 Å². The maximum Gasteiger partial charge on any atom is 0.231 e. The summed E-state index contributed by atoms with van der Waals surface area (Å²) < 4.78 is 13.9. The number of carbonyl (C=O) groups excluding carboxylic acids is 1. The number of aromatic nitrogens is 1. The van der Waals surface area contributed by atoms with Gasteiger partial charge in [0.05, 0.1) is 5.56 Å². The standard InChI is InChI=1S/C24H23NO3/c1-15(2)11-12-27-21-10-9-19-23(26)22(28-24(19)16(21)3)13-17-14-25(4)20-8-6-5-7-18(17)20/h5-11,13-14H,12H2,1-4H3/b22-13+. The average molecular weight is 373 g/mol. The van der Waals surface area contributed by atoms with Crippen LogP contribution in [0.1, 0.15) is 35.3 Å². The monoisotopic (exact) mass is 373 g/mol. The Morgan fingerprint density at radius 2 is 1.96 bits per heavy atom. The number of ether oxygens (including phenoxy) is 2. The molecule has 1 aromatic heterocycles. The summed E-state index contributed by atoms with van der Waals surface area (Å²) in [5.41, 5.74) is 4.70. The molecular formula is C24H23NO3. The third-order valence-electron chi connectivity index (χ3n) is 4.98. The molecule has 0 aliphatic carbocycles. The van der Waals surface area contributed by atoms with Crippen LogP contribution in [0.15, 0.2) is 60.0 Å². The van der Waals surface area contributed by atoms with Crippen molar-refractivity contribution in [3.05, 3.63) is 76.7 Å². The molecule has 0 atom stereocenters. The second kappa shape index (κ2) is 7.04. The summed E-state index contributed by atoms with van der Waals surface area (Å²) in [7, 11) is 2.00. The van der Waals surface area contributed by atoms with Crippen LogP contribution in [0.2, 0.25) is 0 Å². The third kappa shape index (κ3) is 3.11. The van der Waals surface area contributed by atoms with Crippen molar-refractivity contribution in [1.29, 1.82) is 0 Å². The van der Waals surface area contributed by atoms with E-state index in [-0.39, 0.29) is 5.78 Å². The van der Waals surface area contributed by atoms with Crippen LogP contribution in [0.4, 0.5) is 0 Å². The summed E-state index contributed by atoms with van der Waals surface area (Å²) in [4.78, 5) is 12.9. The normalized spacial score (nSPS) is 14.3. The molecular weight excluding hydrogens is 350 g/mol. The number of Topliss-reactive ketones (excluding diaryl/α,β-unsaturated/α-hetero) is 1. The highest BCUT2D eigenvalue weighted by Gasteiger charge is 2.30. The minimum Gasteiger partial charge on any atom is -0.489 e. The Bertz CT molecular complexity index is 1140. The number of aryl methyl sites for hydroxylation is 1. The van der Waals surface area contributed by atoms with Gasteiger partial charge in [0.1, 0.15) is 18.1 Å². The van der Waals surface area contributed by atoms with Crippen molar-refractivity contribution in [3.8, 4) is 11.5 Å². The van der Waals surface area contributed by atoms with E-state index in [4.69, 9.17) is 9.47 Å². The maximum absolute atomic E-state index is 12.9. The van der Waals surface area contributed by atoms with Crippen LogP contribution in [0.3, 0.4) is 0 Å². The number of rotatable bonds is 4. The van der Waals surface area contributed by atoms with Crippen molar-refractivity contribution in [2.24, 2.45) is 7.05 Å². The number of benzene rings is 2. The fourth-order valence-electron chi connectivity index (χ4n) is 3.45. The molecule has 0 bridgehead atoms. The number of hydrogen-bond donors (Lipinski definition) is 0. The highest BCUT2D eigenvalue weighted by molar-refractivity contribution is 6.15. The molecule has 0 fully saturated rings. The van der Waals surface area contributed by atoms with E-state index in [1.165, 1.54) is 5.57 Å². The molecule has 28 heavy (non-hydrogen) atoms. The van der Waals surface area contributed by atoms with Crippen LogP contribution in [0.5, 0.6) is 11.5 Å². The molecule has 0 saturated heterocycles. The highest BCUT2D eigenvalue weighted by Crippen LogP contribution is 2.39. The summed E-state index contributed by atoms with van der Waals surface area (Å²) in [5, 5.41) is 1.09. The minimum atomic E-state index is -0.0955. The van der Waals surface area contributed by atoms with E-state index in [1.54, 1.807) is 6.07 Å². The lowest BCUT2D eigenvalue weighted by molar-refractivity contribution is 0.101. The molecule has 0 saturated carbocycles. The first kappa shape index (κ1) is 18.1. The molecule has 0 unspecified atom stereocenters. The third-order valence-corrected chi connectivity index (χ3v) is 4.98. The number of hydrogen-bond acceptors (Lipinski definition) is 3. The zero-order valence-electron chi connectivity index (χ0n) is 16.6. The summed E-state index contributed by atoms with van der Waals surface area (Å²) in [6, 6.07) is 11.7. The molecule has 2 aromatic carbocycles. The first-order valence-corrected chi connectivity index (χ1v) is 9.34. The summed E-state index contributed by atoms with van der Waals surface area (Å²) in [5.74, 6) is 1.57. The van der Waals surface area contributed by atoms with Crippen LogP contribution >= 0.6 is 0 Å². The molecule has 0 N–H and O–H groups in total. The largest absolute Gasteiger partial charge is 0.489 e. The summed E-state index contributed by atoms with van der Waals surface area (Å²) in [6.45, 7) is 6.48. The van der Waals surface area contributed by atoms with E-state index in [9.17, 15) is 4.79 Å². The zero-order chi connectivity index (χ0) is 19.8. The number of ketones is 1. The zero-order valence-corrected chi connectivity index (χ0v) is 16.6. The second-order valence-electron chi connectivity index (χ2n) is 7.31. The number of allylic oxidation sites excluding steroid dienone is 2. The Labute approximate surface area is 164 Å². The molecule has 0 spiro atoms. The van der Waals surface area contributed by atoms with Gasteiger partial charge >= 0.3 is 0 Å². The van der Waals surface area contributed by atoms with E-state index in [2.05, 4.69) is 16.7 Å². The van der Waals surface area contributed by atoms with E-state index in [0.29, 0.717) is 23.7 Å². The van der Waals surface area contributed by atoms with Gasteiger partial charge in [-0.3, -0.25) is 4.79 Å². The minimum absolute atomic E-state index is 0.0955. The van der Waals surface area contributed by atoms with Gasteiger partial charge in [-0.25, -0.2) is 0 Å². The molecule has 3 aromatic rings. The van der Waals surface area contributed by atoms with E-state index in [1.807, 2.05) is 64.4 Å². The molecule has 142 valence electrons. The van der Waals surface area contributed by atoms with E-state index >= 15 is 0 Å². The van der Waals surface area contributed by atoms with Gasteiger partial charge in [-0.05, 0) is 51.1 Å². The van der Waals surface area contributed by atoms with Gasteiger partial charge in [-0.1, -0.05) is 23.8 Å². The van der Waals surface area contributed by atoms with Crippen molar-refractivity contribution >= 4 is 22.8 Å². The molecule has 0 amide bonds. The number of fused-ring (bicyclic) bond motifs is 2. The molecule has 4 heteroatoms. The van der Waals surface area contributed by atoms with Gasteiger partial charge < -0.3 is 14.0 Å². The Hall–Kier alpha value is -3.27. The second-order valence-corrected chi connectivity index (χ2v) is 7.31. The Balaban J connectivity index is 1.68. The Morgan fingerprint density at radius 1 is 1.18 bits per heavy atom. The number of carbonyl (C=O) groups is 1. The van der Waals surface area contributed by atoms with Crippen LogP contribution in [0, 0.1) is 6.92 Å². The topological polar surface area (TPSA) is 40.5 Å². The van der Waals surface area contributed by atoms with Gasteiger partial charge in [0.25, 0.3) is 0 Å². The number of para-hydroxylation sites is 1. The molecule has 0 radical (unpaired) electrons. The van der Waals surface area contributed by atoms with Crippen molar-refractivity contribution in [1.82, 2.24) is 4.57 Å². The lowest BCUT2D eigenvalue weighted by Gasteiger charge is -2.10. The lowest BCUT2D eigenvalue weighted by Crippen LogP contribution is -1.98. The van der Waals surface area contributed by atoms with Crippen molar-refractivity contribution < 1.29 is 14.3 Å². The highest BCUT2D eigenvalue weighted by atomic mass is 16.5. The van der Waals surface area contributed by atoms with Crippen molar-refractivity contribution in [2.45, 2.75) is 20.8 Å². The average Bonchev–Trinajstić information content (AvgIpc) is 3.16. The van der Waals surface area contributed by atoms with E-state index < -0.39 is 0 Å². The summed E-state index contributed by atoms with van der Waals surface area (Å²) >= 11 is 0. The predicted molar refractivity (Wildman–Crippen MR) is 112 cm³/mol. The SMILES string of the molecule is CC(C)=CCOc1ccc2c(c1C)O/C(=C/c1cn(C)c3ccccc13)C2=O. The Kier molecular flexibility index (Phi) is 4.55. The molecule has 1 aliphatic rings. The fraction of sp³-hybridized carbons (Fsp3) is 0.208. The quantitative estimate of drug-likeness (QED) is 0.451. The van der Waals surface area contributed by atoms with Crippen LogP contribution in [-0.4, -0.2) is 17.0 Å². The van der Waals surface area contributed by atoms with Gasteiger partial charge in [0.2, 0.25) is 5.78 Å². The summed E-state index contributed by atoms with van der Waals surface area (Å²) in [6.07, 6.45) is 5.86. The predicted octanol–water partition coefficient (Wildman–Crippen LogP) is 5.45. The molecule has 1 aliphatic heterocycles. The number of nitrogens with zero attached hydrogens (tertiary/aromatic N) is 1. The first-order chi connectivity index (χ1) is 13.5. The molecule has 4 nitrogen and oxygen atoms in total. The van der Waals surface area contributed by atoms with Gasteiger partial charge in [-0.2, -0.15) is 0 Å². The van der Waals surface area contributed by atoms with Crippen LogP contribution in [-0.2, 0) is 7.05 Å². The van der Waals surface area contributed by atoms with Gasteiger partial charge in [0, 0.05) is 35.3 Å². The van der Waals surface area contributed by atoms with Crippen molar-refractivity contribution in [2.75, 3.05) is 6.61 Å². The maximum atomic E-state index is 12.9. The van der Waals surface area contributed by atoms with E-state index in [0.717, 1.165) is 27.8 Å².